The smallest absolute Gasteiger partial charge is 0.242 e. The summed E-state index contributed by atoms with van der Waals surface area (Å²) in [5, 5.41) is 9.14. The average Bonchev–Trinajstić information content (AvgIpc) is 3.21. The topological polar surface area (TPSA) is 91.2 Å². The van der Waals surface area contributed by atoms with Gasteiger partial charge in [0.2, 0.25) is 17.5 Å². The molecule has 1 aliphatic rings. The minimum atomic E-state index is 0.0776. The minimum Gasteiger partial charge on any atom is -0.424 e. The van der Waals surface area contributed by atoms with Crippen molar-refractivity contribution in [3.63, 3.8) is 0 Å². The molecule has 0 atom stereocenters. The van der Waals surface area contributed by atoms with E-state index in [-0.39, 0.29) is 11.8 Å². The van der Waals surface area contributed by atoms with E-state index in [1.165, 1.54) is 0 Å². The number of hydrogen-bond acceptors (Lipinski definition) is 6. The van der Waals surface area contributed by atoms with E-state index in [4.69, 9.17) is 9.68 Å². The van der Waals surface area contributed by atoms with Crippen LogP contribution in [0.5, 0.6) is 0 Å². The Kier molecular flexibility index (Phi) is 4.74. The molecule has 8 nitrogen and oxygen atoms in total. The van der Waals surface area contributed by atoms with Crippen molar-refractivity contribution in [3.05, 3.63) is 29.8 Å². The van der Waals surface area contributed by atoms with E-state index in [0.29, 0.717) is 50.2 Å². The molecule has 0 N–H and O–H groups in total. The molecule has 8 heteroatoms. The summed E-state index contributed by atoms with van der Waals surface area (Å²) in [5.41, 5.74) is 0.303. The number of piperazine rings is 1. The highest BCUT2D eigenvalue weighted by atomic mass is 16.4. The lowest BCUT2D eigenvalue weighted by molar-refractivity contribution is -0.132. The Balaban J connectivity index is 1.61. The summed E-state index contributed by atoms with van der Waals surface area (Å²) in [5.74, 6) is 2.26. The normalized spacial score (nSPS) is 14.8. The summed E-state index contributed by atoms with van der Waals surface area (Å²) >= 11 is 0. The van der Waals surface area contributed by atoms with Gasteiger partial charge in [-0.15, -0.1) is 0 Å². The van der Waals surface area contributed by atoms with Crippen LogP contribution in [0.3, 0.4) is 0 Å². The van der Waals surface area contributed by atoms with Crippen LogP contribution in [0.15, 0.2) is 16.8 Å². The van der Waals surface area contributed by atoms with Crippen LogP contribution in [0.2, 0.25) is 0 Å². The first kappa shape index (κ1) is 17.0. The van der Waals surface area contributed by atoms with Crippen molar-refractivity contribution >= 4 is 11.8 Å². The molecule has 0 saturated carbocycles. The summed E-state index contributed by atoms with van der Waals surface area (Å²) in [6, 6.07) is 2.06. The van der Waals surface area contributed by atoms with Crippen molar-refractivity contribution in [1.82, 2.24) is 19.4 Å². The Morgan fingerprint density at radius 3 is 2.72 bits per heavy atom. The Morgan fingerprint density at radius 2 is 2.08 bits per heavy atom. The molecule has 0 radical (unpaired) electrons. The number of hydrogen-bond donors (Lipinski definition) is 0. The van der Waals surface area contributed by atoms with Crippen LogP contribution < -0.4 is 4.90 Å². The van der Waals surface area contributed by atoms with E-state index in [2.05, 4.69) is 29.9 Å². The summed E-state index contributed by atoms with van der Waals surface area (Å²) in [7, 11) is 0. The second-order valence-corrected chi connectivity index (χ2v) is 6.43. The van der Waals surface area contributed by atoms with Gasteiger partial charge < -0.3 is 18.8 Å². The molecule has 1 aliphatic heterocycles. The maximum Gasteiger partial charge on any atom is 0.242 e. The fraction of sp³-hybridized carbons (Fsp3) is 0.529. The van der Waals surface area contributed by atoms with Gasteiger partial charge in [0.25, 0.3) is 0 Å². The lowest BCUT2D eigenvalue weighted by Crippen LogP contribution is -2.49. The van der Waals surface area contributed by atoms with Crippen LogP contribution in [-0.2, 0) is 11.3 Å². The second kappa shape index (κ2) is 6.97. The molecule has 2 aromatic heterocycles. The Morgan fingerprint density at radius 1 is 1.36 bits per heavy atom. The Hall–Kier alpha value is -2.82. The second-order valence-electron chi connectivity index (χ2n) is 6.43. The zero-order valence-corrected chi connectivity index (χ0v) is 14.8. The molecule has 132 valence electrons. The summed E-state index contributed by atoms with van der Waals surface area (Å²) in [6.07, 6.45) is 3.58. The molecule has 3 heterocycles. The maximum absolute atomic E-state index is 12.6. The summed E-state index contributed by atoms with van der Waals surface area (Å²) in [6.45, 7) is 8.58. The van der Waals surface area contributed by atoms with E-state index in [0.717, 1.165) is 5.82 Å². The molecular formula is C17H22N6O2. The third-order valence-electron chi connectivity index (χ3n) is 4.31. The van der Waals surface area contributed by atoms with E-state index >= 15 is 0 Å². The molecule has 1 amide bonds. The molecule has 0 bridgehead atoms. The lowest BCUT2D eigenvalue weighted by atomic mass is 10.2. The molecule has 25 heavy (non-hydrogen) atoms. The highest BCUT2D eigenvalue weighted by Crippen LogP contribution is 2.22. The fourth-order valence-electron chi connectivity index (χ4n) is 3.06. The van der Waals surface area contributed by atoms with Crippen molar-refractivity contribution in [2.45, 2.75) is 33.2 Å². The zero-order valence-electron chi connectivity index (χ0n) is 14.8. The molecule has 3 rings (SSSR count). The van der Waals surface area contributed by atoms with Crippen LogP contribution >= 0.6 is 0 Å². The van der Waals surface area contributed by atoms with Crippen molar-refractivity contribution in [2.75, 3.05) is 31.1 Å². The number of rotatable bonds is 4. The van der Waals surface area contributed by atoms with Crippen LogP contribution in [0, 0.1) is 18.3 Å². The molecular weight excluding hydrogens is 320 g/mol. The molecule has 0 unspecified atom stereocenters. The zero-order chi connectivity index (χ0) is 18.0. The van der Waals surface area contributed by atoms with E-state index in [9.17, 15) is 4.79 Å². The van der Waals surface area contributed by atoms with Crippen molar-refractivity contribution in [2.24, 2.45) is 0 Å². The first-order valence-corrected chi connectivity index (χ1v) is 8.41. The first-order valence-electron chi connectivity index (χ1n) is 8.41. The molecule has 0 aromatic carbocycles. The van der Waals surface area contributed by atoms with Gasteiger partial charge in [0.1, 0.15) is 18.4 Å². The van der Waals surface area contributed by atoms with Gasteiger partial charge in [-0.3, -0.25) is 4.79 Å². The van der Waals surface area contributed by atoms with Gasteiger partial charge in [0.05, 0.1) is 0 Å². The molecule has 1 saturated heterocycles. The maximum atomic E-state index is 12.6. The van der Waals surface area contributed by atoms with Gasteiger partial charge in [0.15, 0.2) is 5.89 Å². The third-order valence-corrected chi connectivity index (χ3v) is 4.31. The number of imidazole rings is 1. The highest BCUT2D eigenvalue weighted by molar-refractivity contribution is 5.76. The quantitative estimate of drug-likeness (QED) is 0.837. The minimum absolute atomic E-state index is 0.0776. The predicted octanol–water partition coefficient (Wildman–Crippen LogP) is 1.52. The van der Waals surface area contributed by atoms with Crippen LogP contribution in [0.4, 0.5) is 5.88 Å². The SMILES string of the molecule is Cc1nc(C#N)c(N2CCN(C(=O)Cn3ccnc3C(C)C)CC2)o1. The van der Waals surface area contributed by atoms with Crippen LogP contribution in [0.25, 0.3) is 0 Å². The lowest BCUT2D eigenvalue weighted by Gasteiger charge is -2.34. The van der Waals surface area contributed by atoms with Crippen LogP contribution in [0.1, 0.15) is 37.2 Å². The Labute approximate surface area is 146 Å². The molecule has 2 aromatic rings. The van der Waals surface area contributed by atoms with Gasteiger partial charge in [-0.1, -0.05) is 13.8 Å². The number of amides is 1. The predicted molar refractivity (Wildman–Crippen MR) is 91.1 cm³/mol. The van der Waals surface area contributed by atoms with Gasteiger partial charge in [-0.05, 0) is 0 Å². The van der Waals surface area contributed by atoms with Gasteiger partial charge in [-0.25, -0.2) is 9.97 Å². The molecule has 0 aliphatic carbocycles. The number of oxazole rings is 1. The first-order chi connectivity index (χ1) is 12.0. The number of nitriles is 1. The number of aromatic nitrogens is 3. The number of carbonyl (C=O) groups excluding carboxylic acids is 1. The number of carbonyl (C=O) groups is 1. The molecule has 0 spiro atoms. The van der Waals surface area contributed by atoms with E-state index in [1.807, 2.05) is 20.6 Å². The third kappa shape index (κ3) is 3.50. The largest absolute Gasteiger partial charge is 0.424 e. The van der Waals surface area contributed by atoms with Gasteiger partial charge in [-0.2, -0.15) is 5.26 Å². The highest BCUT2D eigenvalue weighted by Gasteiger charge is 2.26. The molecule has 1 fully saturated rings. The fourth-order valence-corrected chi connectivity index (χ4v) is 3.06. The number of aryl methyl sites for hydroxylation is 1. The summed E-state index contributed by atoms with van der Waals surface area (Å²) < 4.78 is 7.45. The van der Waals surface area contributed by atoms with Gasteiger partial charge >= 0.3 is 0 Å². The standard InChI is InChI=1S/C17H22N6O2/c1-12(2)16-19-4-5-23(16)11-15(24)21-6-8-22(9-7-21)17-14(10-18)20-13(3)25-17/h4-5,12H,6-9,11H2,1-3H3. The van der Waals surface area contributed by atoms with Crippen molar-refractivity contribution < 1.29 is 9.21 Å². The van der Waals surface area contributed by atoms with E-state index < -0.39 is 0 Å². The van der Waals surface area contributed by atoms with Gasteiger partial charge in [0, 0.05) is 51.4 Å². The van der Waals surface area contributed by atoms with Crippen LogP contribution in [-0.4, -0.2) is 51.5 Å². The number of nitrogens with zero attached hydrogens (tertiary/aromatic N) is 6. The van der Waals surface area contributed by atoms with Crippen molar-refractivity contribution in [1.29, 1.82) is 5.26 Å². The Bertz CT molecular complexity index is 792. The van der Waals surface area contributed by atoms with Crippen molar-refractivity contribution in [3.8, 4) is 6.07 Å². The monoisotopic (exact) mass is 342 g/mol. The van der Waals surface area contributed by atoms with E-state index in [1.54, 1.807) is 13.1 Å². The summed E-state index contributed by atoms with van der Waals surface area (Å²) in [4.78, 5) is 24.8. The average molecular weight is 342 g/mol. The number of anilines is 1.